The van der Waals surface area contributed by atoms with Crippen molar-refractivity contribution in [2.24, 2.45) is 5.92 Å². The minimum absolute atomic E-state index is 0.0325. The van der Waals surface area contributed by atoms with E-state index in [0.717, 1.165) is 56.8 Å². The van der Waals surface area contributed by atoms with E-state index in [4.69, 9.17) is 0 Å². The first-order chi connectivity index (χ1) is 13.7. The minimum Gasteiger partial charge on any atom is -0.369 e. The van der Waals surface area contributed by atoms with Gasteiger partial charge in [-0.2, -0.15) is 0 Å². The number of pyridine rings is 1. The molecule has 150 valence electrons. The Kier molecular flexibility index (Phi) is 6.00. The lowest BCUT2D eigenvalue weighted by Crippen LogP contribution is -2.46. The predicted molar refractivity (Wildman–Crippen MR) is 110 cm³/mol. The van der Waals surface area contributed by atoms with Gasteiger partial charge in [0.1, 0.15) is 5.52 Å². The molecule has 2 aromatic heterocycles. The monoisotopic (exact) mass is 382 g/mol. The van der Waals surface area contributed by atoms with E-state index in [9.17, 15) is 4.79 Å². The van der Waals surface area contributed by atoms with Crippen LogP contribution in [-0.4, -0.2) is 64.5 Å². The van der Waals surface area contributed by atoms with Crippen LogP contribution in [-0.2, 0) is 4.79 Å². The van der Waals surface area contributed by atoms with Crippen LogP contribution >= 0.6 is 0 Å². The van der Waals surface area contributed by atoms with Crippen molar-refractivity contribution in [2.45, 2.75) is 45.1 Å². The Morgan fingerprint density at radius 2 is 2.04 bits per heavy atom. The maximum Gasteiger partial charge on any atom is 0.224 e. The van der Waals surface area contributed by atoms with Gasteiger partial charge in [-0.1, -0.05) is 6.42 Å². The standard InChI is InChI=1S/C21H30N6O/c1-16-5-2-3-10-26(16)12-9-24-21(28)17-6-4-11-27(15-17)18-13-19-20(25-14-18)23-8-7-22-19/h7-8,13-14,16-17H,2-6,9-12,15H2,1H3,(H,24,28)/t16-,17+/m1/s1. The van der Waals surface area contributed by atoms with E-state index in [2.05, 4.69) is 37.0 Å². The first-order valence-electron chi connectivity index (χ1n) is 10.5. The summed E-state index contributed by atoms with van der Waals surface area (Å²) in [6, 6.07) is 2.66. The number of nitrogens with one attached hydrogen (secondary N) is 1. The molecule has 4 heterocycles. The highest BCUT2D eigenvalue weighted by Gasteiger charge is 2.26. The van der Waals surface area contributed by atoms with Crippen molar-refractivity contribution < 1.29 is 4.79 Å². The van der Waals surface area contributed by atoms with Crippen LogP contribution in [0.25, 0.3) is 11.2 Å². The number of carbonyl (C=O) groups is 1. The van der Waals surface area contributed by atoms with Crippen molar-refractivity contribution in [3.05, 3.63) is 24.7 Å². The molecular weight excluding hydrogens is 352 g/mol. The zero-order chi connectivity index (χ0) is 19.3. The highest BCUT2D eigenvalue weighted by molar-refractivity contribution is 5.80. The fourth-order valence-electron chi connectivity index (χ4n) is 4.40. The fourth-order valence-corrected chi connectivity index (χ4v) is 4.40. The molecule has 1 N–H and O–H groups in total. The topological polar surface area (TPSA) is 74.2 Å². The van der Waals surface area contributed by atoms with Crippen LogP contribution in [0.4, 0.5) is 5.69 Å². The van der Waals surface area contributed by atoms with Gasteiger partial charge >= 0.3 is 0 Å². The lowest BCUT2D eigenvalue weighted by Gasteiger charge is -2.35. The highest BCUT2D eigenvalue weighted by Crippen LogP contribution is 2.24. The smallest absolute Gasteiger partial charge is 0.224 e. The van der Waals surface area contributed by atoms with Crippen LogP contribution in [0.2, 0.25) is 0 Å². The summed E-state index contributed by atoms with van der Waals surface area (Å²) in [5.74, 6) is 0.216. The number of nitrogens with zero attached hydrogens (tertiary/aromatic N) is 5. The van der Waals surface area contributed by atoms with Gasteiger partial charge in [-0.3, -0.25) is 14.7 Å². The Morgan fingerprint density at radius 1 is 1.14 bits per heavy atom. The summed E-state index contributed by atoms with van der Waals surface area (Å²) < 4.78 is 0. The normalized spacial score (nSPS) is 23.7. The van der Waals surface area contributed by atoms with Crippen molar-refractivity contribution in [2.75, 3.05) is 37.6 Å². The largest absolute Gasteiger partial charge is 0.369 e. The number of amides is 1. The number of hydrogen-bond acceptors (Lipinski definition) is 6. The van der Waals surface area contributed by atoms with Crippen molar-refractivity contribution >= 4 is 22.8 Å². The summed E-state index contributed by atoms with van der Waals surface area (Å²) >= 11 is 0. The number of fused-ring (bicyclic) bond motifs is 1. The summed E-state index contributed by atoms with van der Waals surface area (Å²) in [6.45, 7) is 6.83. The molecule has 0 bridgehead atoms. The summed E-state index contributed by atoms with van der Waals surface area (Å²) in [6.07, 6.45) is 11.0. The second kappa shape index (κ2) is 8.82. The fraction of sp³-hybridized carbons (Fsp3) is 0.619. The third kappa shape index (κ3) is 4.41. The summed E-state index contributed by atoms with van der Waals surface area (Å²) in [4.78, 5) is 30.5. The van der Waals surface area contributed by atoms with E-state index >= 15 is 0 Å². The maximum absolute atomic E-state index is 12.7. The molecule has 0 radical (unpaired) electrons. The number of carbonyl (C=O) groups excluding carboxylic acids is 1. The second-order valence-corrected chi connectivity index (χ2v) is 8.05. The zero-order valence-electron chi connectivity index (χ0n) is 16.7. The molecule has 0 saturated carbocycles. The van der Waals surface area contributed by atoms with Gasteiger partial charge in [0, 0.05) is 44.6 Å². The average Bonchev–Trinajstić information content (AvgIpc) is 2.75. The Hall–Kier alpha value is -2.28. The molecule has 0 aromatic carbocycles. The number of hydrogen-bond donors (Lipinski definition) is 1. The lowest BCUT2D eigenvalue weighted by atomic mass is 9.96. The average molecular weight is 383 g/mol. The highest BCUT2D eigenvalue weighted by atomic mass is 16.1. The number of anilines is 1. The molecule has 2 aromatic rings. The van der Waals surface area contributed by atoms with E-state index < -0.39 is 0 Å². The van der Waals surface area contributed by atoms with E-state index in [1.165, 1.54) is 19.3 Å². The quantitative estimate of drug-likeness (QED) is 0.855. The van der Waals surface area contributed by atoms with Gasteiger partial charge in [0.2, 0.25) is 5.91 Å². The molecule has 1 amide bonds. The van der Waals surface area contributed by atoms with Gasteiger partial charge in [0.15, 0.2) is 5.65 Å². The van der Waals surface area contributed by atoms with E-state index in [1.807, 2.05) is 12.3 Å². The van der Waals surface area contributed by atoms with Crippen molar-refractivity contribution in [3.8, 4) is 0 Å². The predicted octanol–water partition coefficient (Wildman–Crippen LogP) is 2.23. The molecule has 4 rings (SSSR count). The Morgan fingerprint density at radius 3 is 2.93 bits per heavy atom. The molecule has 2 saturated heterocycles. The molecule has 7 nitrogen and oxygen atoms in total. The summed E-state index contributed by atoms with van der Waals surface area (Å²) in [5, 5.41) is 3.18. The molecular formula is C21H30N6O. The first-order valence-corrected chi connectivity index (χ1v) is 10.5. The van der Waals surface area contributed by atoms with Gasteiger partial charge in [-0.15, -0.1) is 0 Å². The van der Waals surface area contributed by atoms with E-state index in [1.54, 1.807) is 12.4 Å². The van der Waals surface area contributed by atoms with Gasteiger partial charge in [0.05, 0.1) is 17.8 Å². The summed E-state index contributed by atoms with van der Waals surface area (Å²) in [5.41, 5.74) is 2.47. The Bertz CT molecular complexity index is 812. The van der Waals surface area contributed by atoms with Gasteiger partial charge < -0.3 is 10.2 Å². The van der Waals surface area contributed by atoms with Crippen LogP contribution in [0.15, 0.2) is 24.7 Å². The van der Waals surface area contributed by atoms with Crippen LogP contribution in [0.5, 0.6) is 0 Å². The van der Waals surface area contributed by atoms with E-state index in [0.29, 0.717) is 11.7 Å². The van der Waals surface area contributed by atoms with Gasteiger partial charge in [-0.05, 0) is 45.2 Å². The van der Waals surface area contributed by atoms with Crippen molar-refractivity contribution in [1.82, 2.24) is 25.2 Å². The lowest BCUT2D eigenvalue weighted by molar-refractivity contribution is -0.125. The zero-order valence-corrected chi connectivity index (χ0v) is 16.7. The Labute approximate surface area is 166 Å². The maximum atomic E-state index is 12.7. The number of likely N-dealkylation sites (tertiary alicyclic amines) is 1. The Balaban J connectivity index is 1.31. The number of aromatic nitrogens is 3. The van der Waals surface area contributed by atoms with Gasteiger partial charge in [-0.25, -0.2) is 9.97 Å². The van der Waals surface area contributed by atoms with Crippen molar-refractivity contribution in [3.63, 3.8) is 0 Å². The SMILES string of the molecule is C[C@@H]1CCCCN1CCNC(=O)[C@H]1CCCN(c2cnc3nccnc3c2)C1. The molecule has 7 heteroatoms. The molecule has 2 aliphatic rings. The van der Waals surface area contributed by atoms with Gasteiger partial charge in [0.25, 0.3) is 0 Å². The van der Waals surface area contributed by atoms with Crippen LogP contribution < -0.4 is 10.2 Å². The van der Waals surface area contributed by atoms with Crippen LogP contribution in [0.3, 0.4) is 0 Å². The molecule has 0 spiro atoms. The molecule has 2 fully saturated rings. The summed E-state index contributed by atoms with van der Waals surface area (Å²) in [7, 11) is 0. The van der Waals surface area contributed by atoms with E-state index in [-0.39, 0.29) is 11.8 Å². The number of piperidine rings is 2. The van der Waals surface area contributed by atoms with Crippen LogP contribution in [0, 0.1) is 5.92 Å². The molecule has 2 atom stereocenters. The molecule has 28 heavy (non-hydrogen) atoms. The van der Waals surface area contributed by atoms with Crippen LogP contribution in [0.1, 0.15) is 39.0 Å². The van der Waals surface area contributed by atoms with Crippen molar-refractivity contribution in [1.29, 1.82) is 0 Å². The molecule has 2 aliphatic heterocycles. The second-order valence-electron chi connectivity index (χ2n) is 8.05. The third-order valence-corrected chi connectivity index (χ3v) is 6.11. The molecule has 0 aliphatic carbocycles. The first kappa shape index (κ1) is 19.1. The number of rotatable bonds is 5. The third-order valence-electron chi connectivity index (χ3n) is 6.11. The molecule has 0 unspecified atom stereocenters. The minimum atomic E-state index is 0.0325.